The fraction of sp³-hybridized carbons (Fsp3) is 1.00. The van der Waals surface area contributed by atoms with Gasteiger partial charge >= 0.3 is 0 Å². The van der Waals surface area contributed by atoms with Gasteiger partial charge in [0.05, 0.1) is 12.4 Å². The van der Waals surface area contributed by atoms with Crippen molar-refractivity contribution in [2.45, 2.75) is 12.5 Å². The van der Waals surface area contributed by atoms with E-state index in [0.717, 1.165) is 6.42 Å². The lowest BCUT2D eigenvalue weighted by molar-refractivity contribution is 0.215. The molecule has 0 spiro atoms. The van der Waals surface area contributed by atoms with Crippen molar-refractivity contribution in [1.29, 1.82) is 0 Å². The SMILES string of the molecule is CNC1CCN(S(=O)(=O)CCOC)C1. The van der Waals surface area contributed by atoms with Crippen LogP contribution in [-0.4, -0.2) is 58.4 Å². The Balaban J connectivity index is 2.49. The summed E-state index contributed by atoms with van der Waals surface area (Å²) in [7, 11) is 0.270. The van der Waals surface area contributed by atoms with Crippen LogP contribution in [0.15, 0.2) is 0 Å². The predicted octanol–water partition coefficient (Wildman–Crippen LogP) is -0.744. The molecule has 1 N–H and O–H groups in total. The lowest BCUT2D eigenvalue weighted by atomic mass is 10.3. The Morgan fingerprint density at radius 1 is 1.57 bits per heavy atom. The molecule has 0 saturated carbocycles. The van der Waals surface area contributed by atoms with Gasteiger partial charge in [-0.3, -0.25) is 0 Å². The van der Waals surface area contributed by atoms with Gasteiger partial charge in [0.25, 0.3) is 0 Å². The Labute approximate surface area is 85.5 Å². The third-order valence-electron chi connectivity index (χ3n) is 2.50. The van der Waals surface area contributed by atoms with Gasteiger partial charge in [0.2, 0.25) is 10.0 Å². The smallest absolute Gasteiger partial charge is 0.216 e. The zero-order chi connectivity index (χ0) is 10.6. The summed E-state index contributed by atoms with van der Waals surface area (Å²) >= 11 is 0. The molecule has 0 radical (unpaired) electrons. The number of sulfonamides is 1. The molecule has 5 nitrogen and oxygen atoms in total. The summed E-state index contributed by atoms with van der Waals surface area (Å²) in [5.41, 5.74) is 0. The maximum absolute atomic E-state index is 11.7. The molecule has 14 heavy (non-hydrogen) atoms. The van der Waals surface area contributed by atoms with Crippen molar-refractivity contribution in [2.75, 3.05) is 39.6 Å². The molecule has 1 aliphatic heterocycles. The van der Waals surface area contributed by atoms with E-state index < -0.39 is 10.0 Å². The van der Waals surface area contributed by atoms with Crippen LogP contribution in [0.4, 0.5) is 0 Å². The quantitative estimate of drug-likeness (QED) is 0.665. The number of hydrogen-bond donors (Lipinski definition) is 1. The largest absolute Gasteiger partial charge is 0.384 e. The zero-order valence-corrected chi connectivity index (χ0v) is 9.51. The van der Waals surface area contributed by atoms with E-state index in [0.29, 0.717) is 19.1 Å². The summed E-state index contributed by atoms with van der Waals surface area (Å²) < 4.78 is 29.6. The lowest BCUT2D eigenvalue weighted by Gasteiger charge is -2.15. The first-order chi connectivity index (χ1) is 6.60. The molecule has 1 unspecified atom stereocenters. The van der Waals surface area contributed by atoms with Gasteiger partial charge in [0.1, 0.15) is 0 Å². The highest BCUT2D eigenvalue weighted by Crippen LogP contribution is 2.13. The minimum atomic E-state index is -3.10. The molecule has 0 aromatic heterocycles. The highest BCUT2D eigenvalue weighted by molar-refractivity contribution is 7.89. The summed E-state index contributed by atoms with van der Waals surface area (Å²) in [4.78, 5) is 0. The Hall–Kier alpha value is -0.170. The van der Waals surface area contributed by atoms with E-state index in [1.54, 1.807) is 0 Å². The van der Waals surface area contributed by atoms with E-state index in [1.165, 1.54) is 11.4 Å². The molecule has 1 aliphatic rings. The van der Waals surface area contributed by atoms with E-state index in [1.807, 2.05) is 7.05 Å². The standard InChI is InChI=1S/C8H18N2O3S/c1-9-8-3-4-10(7-8)14(11,12)6-5-13-2/h8-9H,3-7H2,1-2H3. The van der Waals surface area contributed by atoms with Gasteiger partial charge in [-0.05, 0) is 13.5 Å². The second-order valence-corrected chi connectivity index (χ2v) is 5.53. The van der Waals surface area contributed by atoms with Crippen LogP contribution < -0.4 is 5.32 Å². The molecule has 0 bridgehead atoms. The Bertz CT molecular complexity index is 266. The monoisotopic (exact) mass is 222 g/mol. The number of likely N-dealkylation sites (N-methyl/N-ethyl adjacent to an activating group) is 1. The van der Waals surface area contributed by atoms with Gasteiger partial charge in [0, 0.05) is 26.2 Å². The summed E-state index contributed by atoms with van der Waals surface area (Å²) in [6.45, 7) is 1.48. The van der Waals surface area contributed by atoms with E-state index in [9.17, 15) is 8.42 Å². The van der Waals surface area contributed by atoms with Gasteiger partial charge < -0.3 is 10.1 Å². The third-order valence-corrected chi connectivity index (χ3v) is 4.30. The molecule has 1 atom stereocenters. The average molecular weight is 222 g/mol. The zero-order valence-electron chi connectivity index (χ0n) is 8.69. The summed E-state index contributed by atoms with van der Waals surface area (Å²) in [5.74, 6) is 0.0833. The van der Waals surface area contributed by atoms with Crippen LogP contribution in [-0.2, 0) is 14.8 Å². The van der Waals surface area contributed by atoms with Crippen molar-refractivity contribution < 1.29 is 13.2 Å². The topological polar surface area (TPSA) is 58.6 Å². The molecule has 6 heteroatoms. The van der Waals surface area contributed by atoms with Gasteiger partial charge in [0.15, 0.2) is 0 Å². The van der Waals surface area contributed by atoms with E-state index in [2.05, 4.69) is 5.32 Å². The van der Waals surface area contributed by atoms with Gasteiger partial charge in [-0.25, -0.2) is 12.7 Å². The number of nitrogens with zero attached hydrogens (tertiary/aromatic N) is 1. The number of methoxy groups -OCH3 is 1. The first-order valence-corrected chi connectivity index (χ1v) is 6.35. The van der Waals surface area contributed by atoms with Crippen molar-refractivity contribution in [3.05, 3.63) is 0 Å². The minimum Gasteiger partial charge on any atom is -0.384 e. The Kier molecular flexibility index (Phi) is 4.31. The van der Waals surface area contributed by atoms with Crippen LogP contribution in [0.1, 0.15) is 6.42 Å². The highest BCUT2D eigenvalue weighted by Gasteiger charge is 2.29. The number of nitrogens with one attached hydrogen (secondary N) is 1. The van der Waals surface area contributed by atoms with Crippen molar-refractivity contribution >= 4 is 10.0 Å². The number of ether oxygens (including phenoxy) is 1. The summed E-state index contributed by atoms with van der Waals surface area (Å²) in [6.07, 6.45) is 0.892. The second-order valence-electron chi connectivity index (χ2n) is 3.44. The maximum Gasteiger partial charge on any atom is 0.216 e. The van der Waals surface area contributed by atoms with Crippen molar-refractivity contribution in [3.63, 3.8) is 0 Å². The molecule has 1 fully saturated rings. The van der Waals surface area contributed by atoms with Crippen LogP contribution in [0.5, 0.6) is 0 Å². The molecule has 1 rings (SSSR count). The van der Waals surface area contributed by atoms with E-state index in [-0.39, 0.29) is 12.4 Å². The molecule has 0 aromatic rings. The lowest BCUT2D eigenvalue weighted by Crippen LogP contribution is -2.35. The van der Waals surface area contributed by atoms with E-state index in [4.69, 9.17) is 4.74 Å². The van der Waals surface area contributed by atoms with Crippen LogP contribution in [0.3, 0.4) is 0 Å². The number of hydrogen-bond acceptors (Lipinski definition) is 4. The fourth-order valence-electron chi connectivity index (χ4n) is 1.53. The average Bonchev–Trinajstić information content (AvgIpc) is 2.63. The van der Waals surface area contributed by atoms with Crippen LogP contribution >= 0.6 is 0 Å². The first-order valence-electron chi connectivity index (χ1n) is 4.74. The second kappa shape index (κ2) is 5.06. The van der Waals surface area contributed by atoms with Crippen LogP contribution in [0.25, 0.3) is 0 Å². The Morgan fingerprint density at radius 2 is 2.29 bits per heavy atom. The van der Waals surface area contributed by atoms with Crippen molar-refractivity contribution in [1.82, 2.24) is 9.62 Å². The first kappa shape index (κ1) is 11.9. The molecule has 1 saturated heterocycles. The fourth-order valence-corrected chi connectivity index (χ4v) is 2.96. The minimum absolute atomic E-state index is 0.0833. The van der Waals surface area contributed by atoms with Crippen molar-refractivity contribution in [3.8, 4) is 0 Å². The molecule has 0 aliphatic carbocycles. The van der Waals surface area contributed by atoms with Gasteiger partial charge in [-0.1, -0.05) is 0 Å². The molecular formula is C8H18N2O3S. The van der Waals surface area contributed by atoms with Crippen LogP contribution in [0.2, 0.25) is 0 Å². The normalized spacial score (nSPS) is 24.3. The van der Waals surface area contributed by atoms with E-state index >= 15 is 0 Å². The molecule has 0 amide bonds. The molecule has 0 aromatic carbocycles. The summed E-state index contributed by atoms with van der Waals surface area (Å²) in [5, 5.41) is 3.08. The molecule has 1 heterocycles. The summed E-state index contributed by atoms with van der Waals surface area (Å²) in [6, 6.07) is 0.298. The molecular weight excluding hydrogens is 204 g/mol. The van der Waals surface area contributed by atoms with Crippen molar-refractivity contribution in [2.24, 2.45) is 0 Å². The Morgan fingerprint density at radius 3 is 2.79 bits per heavy atom. The maximum atomic E-state index is 11.7. The molecule has 84 valence electrons. The number of rotatable bonds is 5. The van der Waals surface area contributed by atoms with Crippen LogP contribution in [0, 0.1) is 0 Å². The predicted molar refractivity (Wildman–Crippen MR) is 54.7 cm³/mol. The third kappa shape index (κ3) is 2.91. The van der Waals surface area contributed by atoms with Gasteiger partial charge in [-0.2, -0.15) is 0 Å². The highest BCUT2D eigenvalue weighted by atomic mass is 32.2. The van der Waals surface area contributed by atoms with Gasteiger partial charge in [-0.15, -0.1) is 0 Å².